The van der Waals surface area contributed by atoms with Gasteiger partial charge in [-0.25, -0.2) is 4.79 Å². The molecule has 2 heterocycles. The number of aromatic nitrogens is 2. The number of urea groups is 1. The third-order valence-electron chi connectivity index (χ3n) is 3.73. The zero-order chi connectivity index (χ0) is 17.0. The van der Waals surface area contributed by atoms with E-state index in [4.69, 9.17) is 4.42 Å². The van der Waals surface area contributed by atoms with Crippen LogP contribution in [0.15, 0.2) is 22.6 Å². The van der Waals surface area contributed by atoms with E-state index in [1.165, 1.54) is 0 Å². The topological polar surface area (TPSA) is 72.1 Å². The molecule has 0 spiro atoms. The lowest BCUT2D eigenvalue weighted by Crippen LogP contribution is -2.39. The number of hydrogen-bond acceptors (Lipinski definition) is 3. The first-order valence-electron chi connectivity index (χ1n) is 7.97. The van der Waals surface area contributed by atoms with Crippen LogP contribution >= 0.6 is 0 Å². The normalized spacial score (nSPS) is 13.6. The Bertz CT molecular complexity index is 659. The van der Waals surface area contributed by atoms with Crippen LogP contribution in [-0.2, 0) is 6.54 Å². The average Bonchev–Trinajstić information content (AvgIpc) is 3.03. The van der Waals surface area contributed by atoms with E-state index in [-0.39, 0.29) is 12.1 Å². The number of aryl methyl sites for hydroxylation is 3. The van der Waals surface area contributed by atoms with Crippen LogP contribution in [0, 0.1) is 26.7 Å². The molecule has 2 aromatic rings. The molecule has 2 atom stereocenters. The number of nitrogens with zero attached hydrogens (tertiary/aromatic N) is 2. The zero-order valence-electron chi connectivity index (χ0n) is 14.5. The van der Waals surface area contributed by atoms with E-state index in [1.54, 1.807) is 0 Å². The molecule has 0 bridgehead atoms. The molecule has 2 amide bonds. The molecule has 6 nitrogen and oxygen atoms in total. The van der Waals surface area contributed by atoms with Crippen molar-refractivity contribution in [2.75, 3.05) is 6.54 Å². The van der Waals surface area contributed by atoms with Gasteiger partial charge in [-0.15, -0.1) is 0 Å². The summed E-state index contributed by atoms with van der Waals surface area (Å²) in [5.41, 5.74) is 2.16. The molecule has 0 aromatic carbocycles. The summed E-state index contributed by atoms with van der Waals surface area (Å²) in [5, 5.41) is 10.2. The average molecular weight is 318 g/mol. The highest BCUT2D eigenvalue weighted by molar-refractivity contribution is 5.74. The first-order valence-corrected chi connectivity index (χ1v) is 7.97. The Labute approximate surface area is 137 Å². The standard InChI is InChI=1S/C17H26N4O2/c1-11(10-21-13(3)8-12(2)20-21)9-18-17(22)19-15(5)16-7-6-14(4)23-16/h6-8,11,15H,9-10H2,1-5H3,(H2,18,19,22)/t11-,15-/m0/s1. The van der Waals surface area contributed by atoms with E-state index < -0.39 is 0 Å². The van der Waals surface area contributed by atoms with Crippen LogP contribution in [0.4, 0.5) is 4.79 Å². The molecule has 0 aliphatic heterocycles. The lowest BCUT2D eigenvalue weighted by Gasteiger charge is -2.16. The van der Waals surface area contributed by atoms with Gasteiger partial charge < -0.3 is 15.1 Å². The molecule has 0 saturated carbocycles. The molecule has 0 radical (unpaired) electrons. The molecule has 2 N–H and O–H groups in total. The fourth-order valence-electron chi connectivity index (χ4n) is 2.49. The number of furan rings is 1. The summed E-state index contributed by atoms with van der Waals surface area (Å²) < 4.78 is 7.49. The Balaban J connectivity index is 1.76. The highest BCUT2D eigenvalue weighted by Gasteiger charge is 2.13. The van der Waals surface area contributed by atoms with E-state index in [0.29, 0.717) is 12.5 Å². The second-order valence-corrected chi connectivity index (χ2v) is 6.24. The van der Waals surface area contributed by atoms with E-state index in [2.05, 4.69) is 28.7 Å². The SMILES string of the molecule is Cc1cc(C)n(C[C@@H](C)CNC(=O)N[C@@H](C)c2ccc(C)o2)n1. The van der Waals surface area contributed by atoms with Crippen LogP contribution < -0.4 is 10.6 Å². The Morgan fingerprint density at radius 2 is 2.04 bits per heavy atom. The minimum absolute atomic E-state index is 0.157. The van der Waals surface area contributed by atoms with Crippen molar-refractivity contribution in [3.8, 4) is 0 Å². The van der Waals surface area contributed by atoms with Gasteiger partial charge in [0.1, 0.15) is 11.5 Å². The minimum Gasteiger partial charge on any atom is -0.464 e. The molecular weight excluding hydrogens is 292 g/mol. The number of hydrogen-bond donors (Lipinski definition) is 2. The number of nitrogens with one attached hydrogen (secondary N) is 2. The molecule has 0 unspecified atom stereocenters. The zero-order valence-corrected chi connectivity index (χ0v) is 14.5. The van der Waals surface area contributed by atoms with Gasteiger partial charge in [0, 0.05) is 18.8 Å². The summed E-state index contributed by atoms with van der Waals surface area (Å²) in [5.74, 6) is 1.89. The Morgan fingerprint density at radius 1 is 1.30 bits per heavy atom. The summed E-state index contributed by atoms with van der Waals surface area (Å²) in [6.07, 6.45) is 0. The predicted octanol–water partition coefficient (Wildman–Crippen LogP) is 3.10. The van der Waals surface area contributed by atoms with E-state index >= 15 is 0 Å². The molecule has 23 heavy (non-hydrogen) atoms. The van der Waals surface area contributed by atoms with Gasteiger partial charge in [-0.2, -0.15) is 5.10 Å². The molecular formula is C17H26N4O2. The largest absolute Gasteiger partial charge is 0.464 e. The van der Waals surface area contributed by atoms with E-state index in [0.717, 1.165) is 29.5 Å². The highest BCUT2D eigenvalue weighted by Crippen LogP contribution is 2.15. The summed E-state index contributed by atoms with van der Waals surface area (Å²) in [7, 11) is 0. The van der Waals surface area contributed by atoms with Gasteiger partial charge in [-0.1, -0.05) is 6.92 Å². The monoisotopic (exact) mass is 318 g/mol. The van der Waals surface area contributed by atoms with Crippen LogP contribution in [0.5, 0.6) is 0 Å². The fraction of sp³-hybridized carbons (Fsp3) is 0.529. The fourth-order valence-corrected chi connectivity index (χ4v) is 2.49. The first kappa shape index (κ1) is 17.1. The maximum atomic E-state index is 12.0. The second kappa shape index (κ2) is 7.35. The number of rotatable bonds is 6. The summed E-state index contributed by atoms with van der Waals surface area (Å²) >= 11 is 0. The van der Waals surface area contributed by atoms with Gasteiger partial charge >= 0.3 is 6.03 Å². The summed E-state index contributed by atoms with van der Waals surface area (Å²) in [6.45, 7) is 11.3. The lowest BCUT2D eigenvalue weighted by atomic mass is 10.2. The summed E-state index contributed by atoms with van der Waals surface area (Å²) in [6, 6.07) is 5.48. The van der Waals surface area contributed by atoms with E-state index in [1.807, 2.05) is 44.5 Å². The van der Waals surface area contributed by atoms with Crippen molar-refractivity contribution < 1.29 is 9.21 Å². The first-order chi connectivity index (χ1) is 10.8. The van der Waals surface area contributed by atoms with Gasteiger partial charge in [0.15, 0.2) is 0 Å². The highest BCUT2D eigenvalue weighted by atomic mass is 16.3. The molecule has 0 aliphatic carbocycles. The smallest absolute Gasteiger partial charge is 0.315 e. The van der Waals surface area contributed by atoms with Crippen LogP contribution in [0.1, 0.15) is 42.8 Å². The van der Waals surface area contributed by atoms with Crippen molar-refractivity contribution in [2.24, 2.45) is 5.92 Å². The maximum absolute atomic E-state index is 12.0. The Kier molecular flexibility index (Phi) is 5.47. The maximum Gasteiger partial charge on any atom is 0.315 e. The number of carbonyl (C=O) groups is 1. The van der Waals surface area contributed by atoms with E-state index in [9.17, 15) is 4.79 Å². The van der Waals surface area contributed by atoms with Crippen LogP contribution in [-0.4, -0.2) is 22.4 Å². The Morgan fingerprint density at radius 3 is 2.61 bits per heavy atom. The lowest BCUT2D eigenvalue weighted by molar-refractivity contribution is 0.233. The van der Waals surface area contributed by atoms with Gasteiger partial charge in [0.05, 0.1) is 11.7 Å². The van der Waals surface area contributed by atoms with Crippen molar-refractivity contribution in [1.29, 1.82) is 0 Å². The third-order valence-corrected chi connectivity index (χ3v) is 3.73. The molecule has 2 rings (SSSR count). The summed E-state index contributed by atoms with van der Waals surface area (Å²) in [4.78, 5) is 12.0. The van der Waals surface area contributed by atoms with Crippen molar-refractivity contribution in [2.45, 2.75) is 47.2 Å². The quantitative estimate of drug-likeness (QED) is 0.859. The molecule has 2 aromatic heterocycles. The number of carbonyl (C=O) groups excluding carboxylic acids is 1. The minimum atomic E-state index is -0.188. The van der Waals surface area contributed by atoms with Gasteiger partial charge in [0.2, 0.25) is 0 Å². The van der Waals surface area contributed by atoms with Gasteiger partial charge in [-0.05, 0) is 51.8 Å². The molecule has 0 fully saturated rings. The van der Waals surface area contributed by atoms with Crippen LogP contribution in [0.25, 0.3) is 0 Å². The molecule has 0 aliphatic rings. The predicted molar refractivity (Wildman–Crippen MR) is 89.3 cm³/mol. The molecule has 0 saturated heterocycles. The van der Waals surface area contributed by atoms with Crippen LogP contribution in [0.2, 0.25) is 0 Å². The second-order valence-electron chi connectivity index (χ2n) is 6.24. The van der Waals surface area contributed by atoms with Crippen molar-refractivity contribution in [3.63, 3.8) is 0 Å². The number of amides is 2. The van der Waals surface area contributed by atoms with Gasteiger partial charge in [-0.3, -0.25) is 4.68 Å². The van der Waals surface area contributed by atoms with Crippen molar-refractivity contribution in [3.05, 3.63) is 41.1 Å². The van der Waals surface area contributed by atoms with Crippen molar-refractivity contribution >= 4 is 6.03 Å². The van der Waals surface area contributed by atoms with Gasteiger partial charge in [0.25, 0.3) is 0 Å². The van der Waals surface area contributed by atoms with Crippen molar-refractivity contribution in [1.82, 2.24) is 20.4 Å². The molecule has 126 valence electrons. The third kappa shape index (κ3) is 4.87. The molecule has 6 heteroatoms. The van der Waals surface area contributed by atoms with Crippen LogP contribution in [0.3, 0.4) is 0 Å². The Hall–Kier alpha value is -2.24.